The van der Waals surface area contributed by atoms with Crippen LogP contribution in [0.1, 0.15) is 42.2 Å². The highest BCUT2D eigenvalue weighted by Crippen LogP contribution is 2.45. The minimum Gasteiger partial charge on any atom is -0.301 e. The summed E-state index contributed by atoms with van der Waals surface area (Å²) in [4.78, 5) is 28.2. The maximum absolute atomic E-state index is 12.7. The molecule has 4 nitrogen and oxygen atoms in total. The second-order valence-electron chi connectivity index (χ2n) is 5.49. The third kappa shape index (κ3) is 2.66. The molecule has 0 spiro atoms. The van der Waals surface area contributed by atoms with Crippen LogP contribution in [0, 0.1) is 0 Å². The lowest BCUT2D eigenvalue weighted by Gasteiger charge is -2.40. The number of nitrogens with one attached hydrogen (secondary N) is 1. The first kappa shape index (κ1) is 15.2. The lowest BCUT2D eigenvalue weighted by atomic mass is 9.64. The zero-order valence-electron chi connectivity index (χ0n) is 12.1. The van der Waals surface area contributed by atoms with Crippen molar-refractivity contribution in [2.24, 2.45) is 0 Å². The van der Waals surface area contributed by atoms with E-state index in [1.165, 1.54) is 18.3 Å². The Bertz CT molecular complexity index is 737. The van der Waals surface area contributed by atoms with Gasteiger partial charge in [0.25, 0.3) is 0 Å². The topological polar surface area (TPSA) is 59.1 Å². The molecule has 1 fully saturated rings. The van der Waals surface area contributed by atoms with Gasteiger partial charge >= 0.3 is 0 Å². The Balaban J connectivity index is 1.84. The van der Waals surface area contributed by atoms with Crippen LogP contribution >= 0.6 is 22.9 Å². The van der Waals surface area contributed by atoms with E-state index in [0.717, 1.165) is 24.8 Å². The molecule has 6 heteroatoms. The number of hydrogen-bond acceptors (Lipinski definition) is 4. The highest BCUT2D eigenvalue weighted by Gasteiger charge is 2.45. The summed E-state index contributed by atoms with van der Waals surface area (Å²) in [5.41, 5.74) is 0.783. The van der Waals surface area contributed by atoms with Gasteiger partial charge in [-0.2, -0.15) is 0 Å². The van der Waals surface area contributed by atoms with Gasteiger partial charge in [0.15, 0.2) is 10.9 Å². The van der Waals surface area contributed by atoms with Crippen LogP contribution in [0.5, 0.6) is 0 Å². The van der Waals surface area contributed by atoms with Gasteiger partial charge in [-0.1, -0.05) is 30.2 Å². The van der Waals surface area contributed by atoms with E-state index in [4.69, 9.17) is 11.6 Å². The predicted molar refractivity (Wildman–Crippen MR) is 87.7 cm³/mol. The second kappa shape index (κ2) is 5.82. The first-order valence-electron chi connectivity index (χ1n) is 7.05. The summed E-state index contributed by atoms with van der Waals surface area (Å²) in [5, 5.41) is 5.60. The fourth-order valence-corrected chi connectivity index (χ4v) is 3.61. The molecule has 0 atom stereocenters. The zero-order valence-corrected chi connectivity index (χ0v) is 13.6. The van der Waals surface area contributed by atoms with Crippen molar-refractivity contribution in [3.05, 3.63) is 45.9 Å². The van der Waals surface area contributed by atoms with Gasteiger partial charge in [0, 0.05) is 17.3 Å². The van der Waals surface area contributed by atoms with Gasteiger partial charge in [-0.05, 0) is 30.5 Å². The fourth-order valence-electron chi connectivity index (χ4n) is 2.67. The first-order chi connectivity index (χ1) is 10.5. The van der Waals surface area contributed by atoms with Crippen molar-refractivity contribution in [1.29, 1.82) is 0 Å². The highest BCUT2D eigenvalue weighted by molar-refractivity contribution is 7.14. The number of carbonyl (C=O) groups excluding carboxylic acids is 2. The smallest absolute Gasteiger partial charge is 0.236 e. The van der Waals surface area contributed by atoms with Crippen LogP contribution in [-0.2, 0) is 10.2 Å². The zero-order chi connectivity index (χ0) is 15.7. The van der Waals surface area contributed by atoms with E-state index >= 15 is 0 Å². The number of nitrogens with zero attached hydrogens (tertiary/aromatic N) is 1. The molecule has 1 N–H and O–H groups in total. The van der Waals surface area contributed by atoms with E-state index in [2.05, 4.69) is 10.3 Å². The van der Waals surface area contributed by atoms with Crippen molar-refractivity contribution in [1.82, 2.24) is 4.98 Å². The van der Waals surface area contributed by atoms with Gasteiger partial charge in [-0.3, -0.25) is 9.59 Å². The Morgan fingerprint density at radius 1 is 1.36 bits per heavy atom. The molecule has 0 radical (unpaired) electrons. The molecule has 114 valence electrons. The van der Waals surface area contributed by atoms with Crippen molar-refractivity contribution < 1.29 is 9.59 Å². The molecule has 1 aromatic carbocycles. The number of rotatable bonds is 4. The SMILES string of the molecule is CC(=O)c1csc(NC(=O)C2(c3cccc(Cl)c3)CCC2)n1. The molecule has 1 aromatic heterocycles. The number of amides is 1. The van der Waals surface area contributed by atoms with Crippen LogP contribution in [0.4, 0.5) is 5.13 Å². The number of aromatic nitrogens is 1. The Morgan fingerprint density at radius 2 is 2.14 bits per heavy atom. The summed E-state index contributed by atoms with van der Waals surface area (Å²) in [6.45, 7) is 1.46. The number of carbonyl (C=O) groups is 2. The molecule has 0 saturated heterocycles. The molecule has 1 saturated carbocycles. The average Bonchev–Trinajstić information content (AvgIpc) is 2.86. The normalized spacial score (nSPS) is 15.9. The Kier molecular flexibility index (Phi) is 4.02. The maximum atomic E-state index is 12.7. The van der Waals surface area contributed by atoms with E-state index in [9.17, 15) is 9.59 Å². The lowest BCUT2D eigenvalue weighted by molar-refractivity contribution is -0.124. The molecule has 0 unspecified atom stereocenters. The van der Waals surface area contributed by atoms with Crippen molar-refractivity contribution in [2.45, 2.75) is 31.6 Å². The number of thiazole rings is 1. The minimum atomic E-state index is -0.535. The monoisotopic (exact) mass is 334 g/mol. The molecule has 1 heterocycles. The molecule has 1 aliphatic rings. The van der Waals surface area contributed by atoms with Crippen LogP contribution in [0.25, 0.3) is 0 Å². The number of Topliss-reactive ketones (excluding diaryl/α,β-unsaturated/α-hetero) is 1. The van der Waals surface area contributed by atoms with Crippen molar-refractivity contribution in [3.8, 4) is 0 Å². The van der Waals surface area contributed by atoms with Gasteiger partial charge < -0.3 is 5.32 Å². The summed E-state index contributed by atoms with van der Waals surface area (Å²) in [5.74, 6) is -0.185. The van der Waals surface area contributed by atoms with Gasteiger partial charge in [0.2, 0.25) is 5.91 Å². The quantitative estimate of drug-likeness (QED) is 0.858. The third-order valence-corrected chi connectivity index (χ3v) is 5.10. The van der Waals surface area contributed by atoms with Crippen molar-refractivity contribution >= 4 is 39.8 Å². The van der Waals surface area contributed by atoms with Crippen LogP contribution in [0.15, 0.2) is 29.6 Å². The third-order valence-electron chi connectivity index (χ3n) is 4.10. The van der Waals surface area contributed by atoms with Crippen LogP contribution < -0.4 is 5.32 Å². The summed E-state index contributed by atoms with van der Waals surface area (Å²) >= 11 is 7.32. The number of hydrogen-bond donors (Lipinski definition) is 1. The summed E-state index contributed by atoms with van der Waals surface area (Å²) in [6, 6.07) is 7.45. The van der Waals surface area contributed by atoms with Crippen LogP contribution in [0.3, 0.4) is 0 Å². The van der Waals surface area contributed by atoms with E-state index in [0.29, 0.717) is 15.8 Å². The molecule has 1 aliphatic carbocycles. The van der Waals surface area contributed by atoms with E-state index < -0.39 is 5.41 Å². The molecule has 1 amide bonds. The largest absolute Gasteiger partial charge is 0.301 e. The van der Waals surface area contributed by atoms with Crippen LogP contribution in [-0.4, -0.2) is 16.7 Å². The van der Waals surface area contributed by atoms with Gasteiger partial charge in [0.1, 0.15) is 5.69 Å². The molecular weight excluding hydrogens is 320 g/mol. The molecule has 3 rings (SSSR count). The van der Waals surface area contributed by atoms with Gasteiger partial charge in [0.05, 0.1) is 5.41 Å². The molecule has 22 heavy (non-hydrogen) atoms. The first-order valence-corrected chi connectivity index (χ1v) is 8.31. The average molecular weight is 335 g/mol. The molecule has 2 aromatic rings. The van der Waals surface area contributed by atoms with E-state index in [1.807, 2.05) is 18.2 Å². The summed E-state index contributed by atoms with van der Waals surface area (Å²) < 4.78 is 0. The second-order valence-corrected chi connectivity index (χ2v) is 6.79. The maximum Gasteiger partial charge on any atom is 0.236 e. The van der Waals surface area contributed by atoms with Gasteiger partial charge in [-0.25, -0.2) is 4.98 Å². The molecular formula is C16H15ClN2O2S. The Hall–Kier alpha value is -1.72. The van der Waals surface area contributed by atoms with Crippen molar-refractivity contribution in [3.63, 3.8) is 0 Å². The Labute approximate surface area is 137 Å². The van der Waals surface area contributed by atoms with E-state index in [1.54, 1.807) is 11.4 Å². The van der Waals surface area contributed by atoms with Gasteiger partial charge in [-0.15, -0.1) is 11.3 Å². The Morgan fingerprint density at radius 3 is 2.68 bits per heavy atom. The standard InChI is InChI=1S/C16H15ClN2O2S/c1-10(20)13-9-22-15(18-13)19-14(21)16(6-3-7-16)11-4-2-5-12(17)8-11/h2,4-5,8-9H,3,6-7H2,1H3,(H,18,19,21). The van der Waals surface area contributed by atoms with Crippen molar-refractivity contribution in [2.75, 3.05) is 5.32 Å². The number of anilines is 1. The summed E-state index contributed by atoms with van der Waals surface area (Å²) in [7, 11) is 0. The number of benzene rings is 1. The highest BCUT2D eigenvalue weighted by atomic mass is 35.5. The predicted octanol–water partition coefficient (Wildman–Crippen LogP) is 4.06. The molecule has 0 bridgehead atoms. The minimum absolute atomic E-state index is 0.0783. The number of ketones is 1. The fraction of sp³-hybridized carbons (Fsp3) is 0.312. The van der Waals surface area contributed by atoms with Crippen LogP contribution in [0.2, 0.25) is 5.02 Å². The lowest BCUT2D eigenvalue weighted by Crippen LogP contribution is -2.46. The summed E-state index contributed by atoms with van der Waals surface area (Å²) in [6.07, 6.45) is 2.60. The van der Waals surface area contributed by atoms with E-state index in [-0.39, 0.29) is 11.7 Å². The number of halogens is 1. The molecule has 0 aliphatic heterocycles.